The van der Waals surface area contributed by atoms with Crippen LogP contribution in [-0.4, -0.2) is 22.2 Å². The first kappa shape index (κ1) is 15.2. The summed E-state index contributed by atoms with van der Waals surface area (Å²) in [7, 11) is 0. The highest BCUT2D eigenvalue weighted by Gasteiger charge is 2.10. The van der Waals surface area contributed by atoms with Crippen molar-refractivity contribution in [2.75, 3.05) is 5.75 Å². The molecule has 1 aromatic carbocycles. The minimum Gasteiger partial charge on any atom is -0.392 e. The second-order valence-corrected chi connectivity index (χ2v) is 6.46. The molecule has 0 bridgehead atoms. The molecule has 0 saturated heterocycles. The maximum atomic E-state index is 9.93. The van der Waals surface area contributed by atoms with Crippen molar-refractivity contribution in [1.29, 1.82) is 0 Å². The Morgan fingerprint density at radius 2 is 2.06 bits per heavy atom. The maximum absolute atomic E-state index is 9.93. The molecule has 17 heavy (non-hydrogen) atoms. The molecule has 0 fully saturated rings. The standard InChI is InChI=1S/C13H18Cl2OS/c1-3-9(2)17-8-12(16)6-10-4-5-11(14)7-13(10)15/h4-5,7,9,12,16H,3,6,8H2,1-2H3. The van der Waals surface area contributed by atoms with Crippen LogP contribution in [0.4, 0.5) is 0 Å². The van der Waals surface area contributed by atoms with Gasteiger partial charge in [-0.15, -0.1) is 0 Å². The lowest BCUT2D eigenvalue weighted by atomic mass is 10.1. The quantitative estimate of drug-likeness (QED) is 0.837. The van der Waals surface area contributed by atoms with E-state index in [1.165, 1.54) is 0 Å². The van der Waals surface area contributed by atoms with E-state index in [9.17, 15) is 5.11 Å². The summed E-state index contributed by atoms with van der Waals surface area (Å²) in [6.07, 6.45) is 1.35. The largest absolute Gasteiger partial charge is 0.392 e. The first-order valence-corrected chi connectivity index (χ1v) is 7.57. The van der Waals surface area contributed by atoms with Gasteiger partial charge in [0.2, 0.25) is 0 Å². The van der Waals surface area contributed by atoms with E-state index in [1.807, 2.05) is 6.07 Å². The molecule has 2 unspecified atom stereocenters. The Morgan fingerprint density at radius 3 is 2.65 bits per heavy atom. The Morgan fingerprint density at radius 1 is 1.35 bits per heavy atom. The number of thioether (sulfide) groups is 1. The van der Waals surface area contributed by atoms with Crippen molar-refractivity contribution in [1.82, 2.24) is 0 Å². The van der Waals surface area contributed by atoms with E-state index in [1.54, 1.807) is 23.9 Å². The van der Waals surface area contributed by atoms with Crippen LogP contribution in [-0.2, 0) is 6.42 Å². The van der Waals surface area contributed by atoms with Gasteiger partial charge in [0.25, 0.3) is 0 Å². The third-order valence-corrected chi connectivity index (χ3v) is 4.69. The smallest absolute Gasteiger partial charge is 0.0671 e. The third kappa shape index (κ3) is 5.52. The Balaban J connectivity index is 2.47. The van der Waals surface area contributed by atoms with E-state index in [-0.39, 0.29) is 6.10 Å². The Bertz CT molecular complexity index is 357. The molecule has 1 nitrogen and oxygen atoms in total. The number of aliphatic hydroxyl groups excluding tert-OH is 1. The lowest BCUT2D eigenvalue weighted by Gasteiger charge is -2.14. The van der Waals surface area contributed by atoms with E-state index in [2.05, 4.69) is 13.8 Å². The van der Waals surface area contributed by atoms with Gasteiger partial charge in [-0.3, -0.25) is 0 Å². The molecule has 1 rings (SSSR count). The van der Waals surface area contributed by atoms with Gasteiger partial charge < -0.3 is 5.11 Å². The van der Waals surface area contributed by atoms with Crippen LogP contribution >= 0.6 is 35.0 Å². The predicted octanol–water partition coefficient (Wildman–Crippen LogP) is 4.43. The van der Waals surface area contributed by atoms with Gasteiger partial charge >= 0.3 is 0 Å². The van der Waals surface area contributed by atoms with Crippen LogP contribution in [0.1, 0.15) is 25.8 Å². The summed E-state index contributed by atoms with van der Waals surface area (Å²) < 4.78 is 0. The molecule has 0 aromatic heterocycles. The number of benzene rings is 1. The zero-order chi connectivity index (χ0) is 12.8. The second-order valence-electron chi connectivity index (χ2n) is 4.15. The lowest BCUT2D eigenvalue weighted by Crippen LogP contribution is -2.15. The summed E-state index contributed by atoms with van der Waals surface area (Å²) >= 11 is 13.7. The van der Waals surface area contributed by atoms with Gasteiger partial charge in [-0.2, -0.15) is 11.8 Å². The molecule has 96 valence electrons. The van der Waals surface area contributed by atoms with E-state index in [4.69, 9.17) is 23.2 Å². The van der Waals surface area contributed by atoms with Crippen LogP contribution in [0, 0.1) is 0 Å². The minimum absolute atomic E-state index is 0.354. The number of hydrogen-bond acceptors (Lipinski definition) is 2. The molecular weight excluding hydrogens is 275 g/mol. The average molecular weight is 293 g/mol. The number of hydrogen-bond donors (Lipinski definition) is 1. The van der Waals surface area contributed by atoms with Crippen LogP contribution in [0.2, 0.25) is 10.0 Å². The van der Waals surface area contributed by atoms with Crippen molar-refractivity contribution in [2.24, 2.45) is 0 Å². The molecule has 0 aliphatic rings. The van der Waals surface area contributed by atoms with Gasteiger partial charge in [-0.05, 0) is 24.1 Å². The summed E-state index contributed by atoms with van der Waals surface area (Å²) in [5.74, 6) is 0.744. The molecule has 0 radical (unpaired) electrons. The number of rotatable bonds is 6. The fourth-order valence-corrected chi connectivity index (χ4v) is 2.78. The van der Waals surface area contributed by atoms with Gasteiger partial charge in [-0.1, -0.05) is 43.1 Å². The molecular formula is C13H18Cl2OS. The van der Waals surface area contributed by atoms with Gasteiger partial charge in [0.15, 0.2) is 0 Å². The first-order valence-electron chi connectivity index (χ1n) is 5.76. The zero-order valence-electron chi connectivity index (χ0n) is 10.1. The van der Waals surface area contributed by atoms with Crippen molar-refractivity contribution in [3.8, 4) is 0 Å². The van der Waals surface area contributed by atoms with Gasteiger partial charge in [0.05, 0.1) is 6.10 Å². The van der Waals surface area contributed by atoms with E-state index in [0.29, 0.717) is 21.7 Å². The topological polar surface area (TPSA) is 20.2 Å². The molecule has 0 heterocycles. The van der Waals surface area contributed by atoms with Crippen molar-refractivity contribution < 1.29 is 5.11 Å². The second kappa shape index (κ2) is 7.52. The van der Waals surface area contributed by atoms with Crippen molar-refractivity contribution in [2.45, 2.75) is 38.0 Å². The molecule has 2 atom stereocenters. The molecule has 4 heteroatoms. The third-order valence-electron chi connectivity index (χ3n) is 2.62. The summed E-state index contributed by atoms with van der Waals surface area (Å²) in [5, 5.41) is 11.8. The normalized spacial score (nSPS) is 14.6. The fourth-order valence-electron chi connectivity index (χ4n) is 1.39. The average Bonchev–Trinajstić information content (AvgIpc) is 2.29. The van der Waals surface area contributed by atoms with Crippen LogP contribution in [0.5, 0.6) is 0 Å². The SMILES string of the molecule is CCC(C)SCC(O)Cc1ccc(Cl)cc1Cl. The molecule has 0 aliphatic heterocycles. The molecule has 0 aliphatic carbocycles. The van der Waals surface area contributed by atoms with Crippen LogP contribution in [0.15, 0.2) is 18.2 Å². The van der Waals surface area contributed by atoms with Crippen molar-refractivity contribution in [3.05, 3.63) is 33.8 Å². The molecule has 0 saturated carbocycles. The van der Waals surface area contributed by atoms with Crippen LogP contribution in [0.3, 0.4) is 0 Å². The molecule has 1 N–H and O–H groups in total. The highest BCUT2D eigenvalue weighted by molar-refractivity contribution is 7.99. The number of aliphatic hydroxyl groups is 1. The molecule has 1 aromatic rings. The van der Waals surface area contributed by atoms with Crippen molar-refractivity contribution in [3.63, 3.8) is 0 Å². The van der Waals surface area contributed by atoms with Crippen LogP contribution in [0.25, 0.3) is 0 Å². The summed E-state index contributed by atoms with van der Waals surface area (Å²) in [6, 6.07) is 5.39. The van der Waals surface area contributed by atoms with E-state index < -0.39 is 0 Å². The van der Waals surface area contributed by atoms with Crippen molar-refractivity contribution >= 4 is 35.0 Å². The Labute approximate surface area is 118 Å². The molecule has 0 spiro atoms. The van der Waals surface area contributed by atoms with Gasteiger partial charge in [-0.25, -0.2) is 0 Å². The predicted molar refractivity (Wildman–Crippen MR) is 78.4 cm³/mol. The minimum atomic E-state index is -0.354. The van der Waals surface area contributed by atoms with Crippen LogP contribution < -0.4 is 0 Å². The van der Waals surface area contributed by atoms with E-state index in [0.717, 1.165) is 17.7 Å². The molecule has 0 amide bonds. The highest BCUT2D eigenvalue weighted by atomic mass is 35.5. The highest BCUT2D eigenvalue weighted by Crippen LogP contribution is 2.23. The summed E-state index contributed by atoms with van der Waals surface area (Å²) in [5.41, 5.74) is 0.952. The maximum Gasteiger partial charge on any atom is 0.0671 e. The monoisotopic (exact) mass is 292 g/mol. The number of halogens is 2. The Hall–Kier alpha value is 0.110. The Kier molecular flexibility index (Phi) is 6.71. The fraction of sp³-hybridized carbons (Fsp3) is 0.538. The van der Waals surface area contributed by atoms with E-state index >= 15 is 0 Å². The summed E-state index contributed by atoms with van der Waals surface area (Å²) in [6.45, 7) is 4.33. The first-order chi connectivity index (χ1) is 8.02. The zero-order valence-corrected chi connectivity index (χ0v) is 12.4. The van der Waals surface area contributed by atoms with Gasteiger partial charge in [0, 0.05) is 27.5 Å². The van der Waals surface area contributed by atoms with Gasteiger partial charge in [0.1, 0.15) is 0 Å². The lowest BCUT2D eigenvalue weighted by molar-refractivity contribution is 0.200. The summed E-state index contributed by atoms with van der Waals surface area (Å²) in [4.78, 5) is 0.